The van der Waals surface area contributed by atoms with Gasteiger partial charge in [-0.2, -0.15) is 0 Å². The van der Waals surface area contributed by atoms with Gasteiger partial charge in [0.1, 0.15) is 5.75 Å². The van der Waals surface area contributed by atoms with Crippen LogP contribution in [0.2, 0.25) is 10.0 Å². The van der Waals surface area contributed by atoms with E-state index in [0.29, 0.717) is 0 Å². The summed E-state index contributed by atoms with van der Waals surface area (Å²) in [7, 11) is -4.09. The Morgan fingerprint density at radius 2 is 1.68 bits per heavy atom. The summed E-state index contributed by atoms with van der Waals surface area (Å²) in [5, 5.41) is 0.399. The highest BCUT2D eigenvalue weighted by atomic mass is 35.5. The van der Waals surface area contributed by atoms with Crippen molar-refractivity contribution in [2.45, 2.75) is 17.7 Å². The largest absolute Gasteiger partial charge is 0.573 e. The number of hydrogen-bond donors (Lipinski definition) is 1. The molecule has 0 radical (unpaired) electrons. The van der Waals surface area contributed by atoms with Crippen LogP contribution in [0, 0.1) is 0 Å². The molecule has 2 aromatic rings. The minimum Gasteiger partial charge on any atom is -0.457 e. The van der Waals surface area contributed by atoms with Gasteiger partial charge in [0, 0.05) is 17.1 Å². The predicted molar refractivity (Wildman–Crippen MR) is 105 cm³/mol. The van der Waals surface area contributed by atoms with Crippen molar-refractivity contribution >= 4 is 45.0 Å². The topological polar surface area (TPSA) is 98.8 Å². The van der Waals surface area contributed by atoms with Crippen molar-refractivity contribution in [3.8, 4) is 5.75 Å². The van der Waals surface area contributed by atoms with Crippen molar-refractivity contribution in [2.75, 3.05) is 13.2 Å². The van der Waals surface area contributed by atoms with Crippen LogP contribution in [-0.4, -0.2) is 39.7 Å². The van der Waals surface area contributed by atoms with Gasteiger partial charge in [0.25, 0.3) is 0 Å². The van der Waals surface area contributed by atoms with Gasteiger partial charge in [0.05, 0.1) is 16.3 Å². The highest BCUT2D eigenvalue weighted by Crippen LogP contribution is 2.24. The van der Waals surface area contributed by atoms with Crippen LogP contribution in [0.4, 0.5) is 13.2 Å². The van der Waals surface area contributed by atoms with Gasteiger partial charge in [0.2, 0.25) is 15.8 Å². The maximum Gasteiger partial charge on any atom is 0.573 e. The molecule has 0 aliphatic heterocycles. The van der Waals surface area contributed by atoms with Crippen molar-refractivity contribution in [3.63, 3.8) is 0 Å². The molecule has 0 heterocycles. The monoisotopic (exact) mass is 499 g/mol. The first-order valence-electron chi connectivity index (χ1n) is 8.37. The Morgan fingerprint density at radius 1 is 1.03 bits per heavy atom. The normalized spacial score (nSPS) is 11.8. The molecule has 0 amide bonds. The van der Waals surface area contributed by atoms with Crippen molar-refractivity contribution in [3.05, 3.63) is 58.1 Å². The molecule has 168 valence electrons. The third-order valence-electron chi connectivity index (χ3n) is 3.58. The summed E-state index contributed by atoms with van der Waals surface area (Å²) in [6, 6.07) is 7.71. The van der Waals surface area contributed by atoms with E-state index in [1.54, 1.807) is 0 Å². The number of sulfonamides is 1. The Kier molecular flexibility index (Phi) is 8.29. The van der Waals surface area contributed by atoms with Gasteiger partial charge in [-0.3, -0.25) is 9.59 Å². The zero-order valence-corrected chi connectivity index (χ0v) is 17.7. The first-order chi connectivity index (χ1) is 14.4. The molecule has 0 spiro atoms. The molecule has 0 aromatic heterocycles. The quantitative estimate of drug-likeness (QED) is 0.413. The van der Waals surface area contributed by atoms with E-state index in [9.17, 15) is 31.2 Å². The lowest BCUT2D eigenvalue weighted by molar-refractivity contribution is -0.274. The second-order valence-corrected chi connectivity index (χ2v) is 8.49. The van der Waals surface area contributed by atoms with Gasteiger partial charge in [-0.1, -0.05) is 23.2 Å². The van der Waals surface area contributed by atoms with E-state index < -0.39 is 46.9 Å². The van der Waals surface area contributed by atoms with Gasteiger partial charge < -0.3 is 9.47 Å². The van der Waals surface area contributed by atoms with Crippen LogP contribution in [0.15, 0.2) is 47.4 Å². The molecular weight excluding hydrogens is 486 g/mol. The molecule has 0 saturated carbocycles. The van der Waals surface area contributed by atoms with Crippen LogP contribution in [-0.2, 0) is 19.6 Å². The molecule has 0 saturated heterocycles. The third kappa shape index (κ3) is 8.02. The van der Waals surface area contributed by atoms with Crippen LogP contribution in [0.5, 0.6) is 5.75 Å². The van der Waals surface area contributed by atoms with E-state index in [-0.39, 0.29) is 27.0 Å². The lowest BCUT2D eigenvalue weighted by atomic mass is 10.1. The third-order valence-corrected chi connectivity index (χ3v) is 5.62. The van der Waals surface area contributed by atoms with E-state index in [1.165, 1.54) is 18.2 Å². The molecular formula is C18H14Cl2F3NO6S. The van der Waals surface area contributed by atoms with Crippen LogP contribution >= 0.6 is 23.2 Å². The molecule has 0 unspecified atom stereocenters. The lowest BCUT2D eigenvalue weighted by Gasteiger charge is -2.10. The molecule has 7 nitrogen and oxygen atoms in total. The molecule has 0 fully saturated rings. The van der Waals surface area contributed by atoms with Crippen LogP contribution in [0.1, 0.15) is 16.8 Å². The molecule has 2 rings (SSSR count). The minimum atomic E-state index is -4.90. The predicted octanol–water partition coefficient (Wildman–Crippen LogP) is 3.99. The Balaban J connectivity index is 1.83. The summed E-state index contributed by atoms with van der Waals surface area (Å²) in [6.07, 6.45) is -5.30. The fourth-order valence-electron chi connectivity index (χ4n) is 2.20. The van der Waals surface area contributed by atoms with Crippen LogP contribution in [0.3, 0.4) is 0 Å². The number of carbonyl (C=O) groups excluding carboxylic acids is 2. The highest BCUT2D eigenvalue weighted by Gasteiger charge is 2.31. The Labute approximate surface area is 185 Å². The van der Waals surface area contributed by atoms with E-state index in [0.717, 1.165) is 24.3 Å². The summed E-state index contributed by atoms with van der Waals surface area (Å²) in [5.41, 5.74) is 0.0700. The zero-order valence-electron chi connectivity index (χ0n) is 15.4. The molecule has 2 aromatic carbocycles. The first kappa shape index (κ1) is 24.9. The standard InChI is InChI=1S/C18H14Cl2F3NO6S/c19-11-1-6-15(20)14(9-11)16(25)10-29-17(26)7-8-24-31(27,28)13-4-2-12(3-5-13)30-18(21,22)23/h1-6,9,24H,7-8,10H2. The van der Waals surface area contributed by atoms with Crippen molar-refractivity contribution < 1.29 is 40.7 Å². The van der Waals surface area contributed by atoms with E-state index in [4.69, 9.17) is 27.9 Å². The zero-order chi connectivity index (χ0) is 23.2. The van der Waals surface area contributed by atoms with Gasteiger partial charge in [-0.25, -0.2) is 13.1 Å². The summed E-state index contributed by atoms with van der Waals surface area (Å²) in [6.45, 7) is -0.986. The van der Waals surface area contributed by atoms with E-state index in [2.05, 4.69) is 9.46 Å². The van der Waals surface area contributed by atoms with Gasteiger partial charge in [-0.05, 0) is 42.5 Å². The number of rotatable bonds is 9. The molecule has 13 heteroatoms. The number of benzene rings is 2. The van der Waals surface area contributed by atoms with Crippen molar-refractivity contribution in [1.82, 2.24) is 4.72 Å². The highest BCUT2D eigenvalue weighted by molar-refractivity contribution is 7.89. The lowest BCUT2D eigenvalue weighted by Crippen LogP contribution is -2.27. The molecule has 1 N–H and O–H groups in total. The first-order valence-corrected chi connectivity index (χ1v) is 10.6. The Morgan fingerprint density at radius 3 is 2.29 bits per heavy atom. The molecule has 31 heavy (non-hydrogen) atoms. The van der Waals surface area contributed by atoms with Crippen molar-refractivity contribution in [2.24, 2.45) is 0 Å². The number of nitrogens with one attached hydrogen (secondary N) is 1. The van der Waals surface area contributed by atoms with E-state index in [1.807, 2.05) is 0 Å². The fourth-order valence-corrected chi connectivity index (χ4v) is 3.63. The van der Waals surface area contributed by atoms with Gasteiger partial charge in [0.15, 0.2) is 6.61 Å². The number of esters is 1. The second-order valence-electron chi connectivity index (χ2n) is 5.88. The Bertz CT molecular complexity index is 1060. The molecule has 0 atom stereocenters. The fraction of sp³-hybridized carbons (Fsp3) is 0.222. The maximum atomic E-state index is 12.1. The Hall–Kier alpha value is -2.34. The van der Waals surface area contributed by atoms with Crippen molar-refractivity contribution in [1.29, 1.82) is 0 Å². The summed E-state index contributed by atoms with van der Waals surface area (Å²) in [5.74, 6) is -2.04. The number of alkyl halides is 3. The van der Waals surface area contributed by atoms with Crippen LogP contribution in [0.25, 0.3) is 0 Å². The summed E-state index contributed by atoms with van der Waals surface area (Å²) in [4.78, 5) is 23.4. The maximum absolute atomic E-state index is 12.1. The van der Waals surface area contributed by atoms with E-state index >= 15 is 0 Å². The number of ether oxygens (including phenoxy) is 2. The smallest absolute Gasteiger partial charge is 0.457 e. The minimum absolute atomic E-state index is 0.0700. The number of halogens is 5. The number of ketones is 1. The molecule has 0 aliphatic carbocycles. The molecule has 0 aliphatic rings. The number of carbonyl (C=O) groups is 2. The summed E-state index contributed by atoms with van der Waals surface area (Å²) < 4.78 is 71.2. The van der Waals surface area contributed by atoms with Crippen LogP contribution < -0.4 is 9.46 Å². The SMILES string of the molecule is O=C(CCNS(=O)(=O)c1ccc(OC(F)(F)F)cc1)OCC(=O)c1cc(Cl)ccc1Cl. The summed E-state index contributed by atoms with van der Waals surface area (Å²) >= 11 is 11.7. The number of Topliss-reactive ketones (excluding diaryl/α,β-unsaturated/α-hetero) is 1. The molecule has 0 bridgehead atoms. The van der Waals surface area contributed by atoms with Gasteiger partial charge >= 0.3 is 12.3 Å². The average molecular weight is 500 g/mol. The number of hydrogen-bond acceptors (Lipinski definition) is 6. The average Bonchev–Trinajstić information content (AvgIpc) is 2.67. The van der Waals surface area contributed by atoms with Gasteiger partial charge in [-0.15, -0.1) is 13.2 Å². The second kappa shape index (κ2) is 10.3.